The Morgan fingerprint density at radius 1 is 0.473 bits per heavy atom. The average molecular weight is 846 g/mol. The number of aryl methyl sites for hydroxylation is 4. The Balaban J connectivity index is 0. The smallest absolute Gasteiger partial charge is 0.348 e. The van der Waals surface area contributed by atoms with Gasteiger partial charge in [-0.25, -0.2) is 0 Å². The molecule has 2 rings (SSSR count). The maximum atomic E-state index is 10.00. The van der Waals surface area contributed by atoms with E-state index >= 15 is 0 Å². The fourth-order valence-electron chi connectivity index (χ4n) is 7.87. The third-order valence-electron chi connectivity index (χ3n) is 10.5. The predicted molar refractivity (Wildman–Crippen MR) is 244 cm³/mol. The van der Waals surface area contributed by atoms with Crippen LogP contribution in [0.15, 0.2) is 35.4 Å². The van der Waals surface area contributed by atoms with Crippen LogP contribution in [0, 0.1) is 13.8 Å². The van der Waals surface area contributed by atoms with Crippen LogP contribution in [0.1, 0.15) is 229 Å². The number of benzene rings is 2. The average Bonchev–Trinajstić information content (AvgIpc) is 3.19. The molecule has 2 nitrogen and oxygen atoms in total. The summed E-state index contributed by atoms with van der Waals surface area (Å²) in [5.74, 6) is 3.16. The van der Waals surface area contributed by atoms with Gasteiger partial charge in [-0.2, -0.15) is 13.8 Å². The van der Waals surface area contributed by atoms with Gasteiger partial charge in [0, 0.05) is 0 Å². The predicted octanol–water partition coefficient (Wildman–Crippen LogP) is 16.4. The Morgan fingerprint density at radius 2 is 0.836 bits per heavy atom. The minimum Gasteiger partial charge on any atom is -0.348 e. The standard InChI is InChI=1S/C48H76N2.2C2H5.Pd/c1-9-17-22-29-40-35-44(36-41(30-23-18-10-2)46(40)32-24-19-11-3)48(47(31-21-13-5)42(37-50-49)28-20-12-4)43-33-38(25-14-6)45(27-16-8)39(34-43)26-15-7;2*1-2;/h33-36H,9-32H2,1-8H3;2*1H2,2H3;/q;2*-1;+2. The number of hydrogen-bond acceptors (Lipinski definition) is 0. The third-order valence-corrected chi connectivity index (χ3v) is 10.5. The molecular formula is C52H86N2Pd. The Bertz CT molecular complexity index is 1330. The minimum atomic E-state index is 0. The van der Waals surface area contributed by atoms with Crippen LogP contribution in [-0.2, 0) is 58.9 Å². The van der Waals surface area contributed by atoms with Gasteiger partial charge in [-0.1, -0.05) is 150 Å². The van der Waals surface area contributed by atoms with E-state index in [9.17, 15) is 5.53 Å². The van der Waals surface area contributed by atoms with Crippen molar-refractivity contribution in [2.24, 2.45) is 0 Å². The molecule has 0 aliphatic heterocycles. The van der Waals surface area contributed by atoms with Crippen molar-refractivity contribution in [3.8, 4) is 0 Å². The van der Waals surface area contributed by atoms with Crippen molar-refractivity contribution in [1.82, 2.24) is 0 Å². The molecule has 0 spiro atoms. The van der Waals surface area contributed by atoms with Crippen molar-refractivity contribution in [3.63, 3.8) is 0 Å². The van der Waals surface area contributed by atoms with E-state index in [-0.39, 0.29) is 20.4 Å². The molecular weight excluding hydrogens is 759 g/mol. The van der Waals surface area contributed by atoms with Gasteiger partial charge in [-0.15, -0.1) is 4.79 Å². The summed E-state index contributed by atoms with van der Waals surface area (Å²) < 4.78 is 0. The zero-order valence-electron chi connectivity index (χ0n) is 37.9. The van der Waals surface area contributed by atoms with Gasteiger partial charge in [-0.3, -0.25) is 0 Å². The van der Waals surface area contributed by atoms with Crippen LogP contribution in [0.4, 0.5) is 0 Å². The van der Waals surface area contributed by atoms with E-state index in [1.165, 1.54) is 92.9 Å². The van der Waals surface area contributed by atoms with Crippen LogP contribution in [0.5, 0.6) is 0 Å². The SMILES string of the molecule is CCCCCc1cc(C(=C(CCCC)C(=C=[N+]=[N-])CCCC)c2cc(CCC)c(CCC)c(CCC)c2)cc(CCCCC)c1CCCCC.[CH2-]C.[CH2-]C.[Pd+2]. The van der Waals surface area contributed by atoms with Gasteiger partial charge in [-0.05, 0) is 139 Å². The summed E-state index contributed by atoms with van der Waals surface area (Å²) in [5, 5.41) is 0. The topological polar surface area (TPSA) is 36.4 Å². The number of hydrogen-bond donors (Lipinski definition) is 0. The van der Waals surface area contributed by atoms with Crippen molar-refractivity contribution >= 4 is 11.4 Å². The number of unbranched alkanes of at least 4 members (excludes halogenated alkanes) is 8. The van der Waals surface area contributed by atoms with Crippen molar-refractivity contribution < 1.29 is 25.2 Å². The van der Waals surface area contributed by atoms with Gasteiger partial charge in [0.25, 0.3) is 0 Å². The molecule has 0 fully saturated rings. The summed E-state index contributed by atoms with van der Waals surface area (Å²) in [6, 6.07) is 10.4. The van der Waals surface area contributed by atoms with Crippen molar-refractivity contribution in [1.29, 1.82) is 0 Å². The Labute approximate surface area is 357 Å². The fourth-order valence-corrected chi connectivity index (χ4v) is 7.87. The summed E-state index contributed by atoms with van der Waals surface area (Å²) in [7, 11) is 0. The molecule has 0 heterocycles. The largest absolute Gasteiger partial charge is 2.00 e. The van der Waals surface area contributed by atoms with E-state index in [0.717, 1.165) is 89.0 Å². The van der Waals surface area contributed by atoms with Crippen LogP contribution in [0.3, 0.4) is 0 Å². The molecule has 55 heavy (non-hydrogen) atoms. The number of allylic oxidation sites excluding steroid dienone is 2. The molecule has 0 N–H and O–H groups in total. The second-order valence-corrected chi connectivity index (χ2v) is 14.9. The van der Waals surface area contributed by atoms with E-state index in [2.05, 4.69) is 104 Å². The van der Waals surface area contributed by atoms with E-state index in [1.54, 1.807) is 47.2 Å². The van der Waals surface area contributed by atoms with Crippen LogP contribution in [-0.4, -0.2) is 10.7 Å². The molecule has 3 heteroatoms. The first-order valence-corrected chi connectivity index (χ1v) is 22.9. The van der Waals surface area contributed by atoms with Crippen molar-refractivity contribution in [2.75, 3.05) is 0 Å². The normalized spacial score (nSPS) is 10.9. The molecule has 314 valence electrons. The van der Waals surface area contributed by atoms with Gasteiger partial charge >= 0.3 is 26.3 Å². The molecule has 0 aliphatic carbocycles. The zero-order valence-corrected chi connectivity index (χ0v) is 39.5. The summed E-state index contributed by atoms with van der Waals surface area (Å²) in [6.07, 6.45) is 28.1. The minimum absolute atomic E-state index is 0. The second-order valence-electron chi connectivity index (χ2n) is 14.9. The fraction of sp³-hybridized carbons (Fsp3) is 0.654. The molecule has 0 atom stereocenters. The van der Waals surface area contributed by atoms with Crippen LogP contribution in [0.2, 0.25) is 0 Å². The Hall–Kier alpha value is -2.00. The van der Waals surface area contributed by atoms with Gasteiger partial charge < -0.3 is 19.4 Å². The maximum Gasteiger partial charge on any atom is 2.00 e. The first-order chi connectivity index (χ1) is 26.5. The molecule has 0 bridgehead atoms. The summed E-state index contributed by atoms with van der Waals surface area (Å²) in [6.45, 7) is 28.5. The molecule has 0 amide bonds. The van der Waals surface area contributed by atoms with Crippen molar-refractivity contribution in [2.45, 2.75) is 223 Å². The van der Waals surface area contributed by atoms with Crippen LogP contribution in [0.25, 0.3) is 11.1 Å². The molecule has 0 radical (unpaired) electrons. The summed E-state index contributed by atoms with van der Waals surface area (Å²) >= 11 is 0. The van der Waals surface area contributed by atoms with Gasteiger partial charge in [0.05, 0.1) is 5.57 Å². The molecule has 0 aliphatic rings. The van der Waals surface area contributed by atoms with E-state index in [4.69, 9.17) is 0 Å². The van der Waals surface area contributed by atoms with E-state index < -0.39 is 0 Å². The molecule has 0 saturated heterocycles. The Kier molecular flexibility index (Phi) is 36.4. The number of nitrogens with zero attached hydrogens (tertiary/aromatic N) is 2. The zero-order chi connectivity index (χ0) is 40.6. The second kappa shape index (κ2) is 36.4. The number of rotatable bonds is 27. The summed E-state index contributed by atoms with van der Waals surface area (Å²) in [4.78, 5) is 3.59. The van der Waals surface area contributed by atoms with Crippen LogP contribution >= 0.6 is 0 Å². The van der Waals surface area contributed by atoms with Crippen molar-refractivity contribution in [3.05, 3.63) is 99.3 Å². The van der Waals surface area contributed by atoms with Gasteiger partial charge in [0.15, 0.2) is 0 Å². The molecule has 0 aromatic heterocycles. The first-order valence-electron chi connectivity index (χ1n) is 22.9. The maximum absolute atomic E-state index is 10.00. The van der Waals surface area contributed by atoms with Gasteiger partial charge in [0.2, 0.25) is 0 Å². The van der Waals surface area contributed by atoms with Gasteiger partial charge in [0.1, 0.15) is 0 Å². The van der Waals surface area contributed by atoms with E-state index in [1.807, 2.05) is 0 Å². The monoisotopic (exact) mass is 845 g/mol. The van der Waals surface area contributed by atoms with E-state index in [0.29, 0.717) is 0 Å². The third kappa shape index (κ3) is 19.8. The molecule has 2 aromatic carbocycles. The molecule has 0 saturated carbocycles. The Morgan fingerprint density at radius 3 is 1.22 bits per heavy atom. The summed E-state index contributed by atoms with van der Waals surface area (Å²) in [5.41, 5.74) is 26.1. The molecule has 2 aromatic rings. The van der Waals surface area contributed by atoms with Crippen LogP contribution < -0.4 is 0 Å². The molecule has 0 unspecified atom stereocenters. The quantitative estimate of drug-likeness (QED) is 0.0163. The first kappa shape index (κ1) is 55.1.